The van der Waals surface area contributed by atoms with E-state index in [0.717, 1.165) is 0 Å². The molecule has 0 fully saturated rings. The smallest absolute Gasteiger partial charge is 0.266 e. The van der Waals surface area contributed by atoms with Gasteiger partial charge in [-0.1, -0.05) is 11.6 Å². The molecule has 21 heavy (non-hydrogen) atoms. The highest BCUT2D eigenvalue weighted by Crippen LogP contribution is 2.26. The van der Waals surface area contributed by atoms with Crippen molar-refractivity contribution in [2.75, 3.05) is 5.32 Å². The van der Waals surface area contributed by atoms with E-state index in [4.69, 9.17) is 16.3 Å². The quantitative estimate of drug-likeness (QED) is 0.880. The van der Waals surface area contributed by atoms with Gasteiger partial charge in [0.1, 0.15) is 17.4 Å². The number of pyridine rings is 1. The SMILES string of the molecule is C[C@H](Oc1ccc(F)cc1Br)C(=O)Nc1ccc(Cl)cn1. The summed E-state index contributed by atoms with van der Waals surface area (Å²) in [4.78, 5) is 15.9. The molecule has 1 N–H and O–H groups in total. The van der Waals surface area contributed by atoms with Crippen LogP contribution in [0.15, 0.2) is 41.0 Å². The molecule has 4 nitrogen and oxygen atoms in total. The minimum atomic E-state index is -0.774. The molecule has 110 valence electrons. The largest absolute Gasteiger partial charge is 0.480 e. The summed E-state index contributed by atoms with van der Waals surface area (Å²) in [5, 5.41) is 3.08. The first-order chi connectivity index (χ1) is 9.95. The lowest BCUT2D eigenvalue weighted by molar-refractivity contribution is -0.122. The van der Waals surface area contributed by atoms with Crippen molar-refractivity contribution in [2.24, 2.45) is 0 Å². The zero-order valence-electron chi connectivity index (χ0n) is 10.9. The Hall–Kier alpha value is -1.66. The van der Waals surface area contributed by atoms with Crippen molar-refractivity contribution in [1.29, 1.82) is 0 Å². The second kappa shape index (κ2) is 6.87. The molecule has 7 heteroatoms. The first-order valence-corrected chi connectivity index (χ1v) is 7.17. The third kappa shape index (κ3) is 4.41. The molecule has 1 aromatic heterocycles. The Morgan fingerprint density at radius 1 is 1.43 bits per heavy atom. The molecule has 0 aliphatic rings. The van der Waals surface area contributed by atoms with Crippen LogP contribution in [0.2, 0.25) is 5.02 Å². The van der Waals surface area contributed by atoms with Gasteiger partial charge < -0.3 is 10.1 Å². The number of hydrogen-bond donors (Lipinski definition) is 1. The molecule has 0 aliphatic carbocycles. The molecule has 0 spiro atoms. The number of anilines is 1. The molecular weight excluding hydrogens is 363 g/mol. The molecule has 1 aromatic carbocycles. The predicted molar refractivity (Wildman–Crippen MR) is 82.1 cm³/mol. The molecule has 2 aromatic rings. The van der Waals surface area contributed by atoms with Crippen molar-refractivity contribution in [2.45, 2.75) is 13.0 Å². The monoisotopic (exact) mass is 372 g/mol. The van der Waals surface area contributed by atoms with Gasteiger partial charge in [0.15, 0.2) is 6.10 Å². The molecule has 0 radical (unpaired) electrons. The van der Waals surface area contributed by atoms with Gasteiger partial charge in [0, 0.05) is 6.20 Å². The lowest BCUT2D eigenvalue weighted by atomic mass is 10.3. The number of carbonyl (C=O) groups is 1. The standard InChI is InChI=1S/C14H11BrClFN2O2/c1-8(21-12-4-3-10(17)6-11(12)15)14(20)19-13-5-2-9(16)7-18-13/h2-8H,1H3,(H,18,19,20)/t8-/m0/s1. The van der Waals surface area contributed by atoms with Gasteiger partial charge in [-0.15, -0.1) is 0 Å². The van der Waals surface area contributed by atoms with Gasteiger partial charge in [0.05, 0.1) is 9.50 Å². The minimum absolute atomic E-state index is 0.373. The maximum atomic E-state index is 13.0. The summed E-state index contributed by atoms with van der Waals surface area (Å²) >= 11 is 8.89. The summed E-state index contributed by atoms with van der Waals surface area (Å²) < 4.78 is 18.9. The molecule has 0 aliphatic heterocycles. The Morgan fingerprint density at radius 3 is 2.81 bits per heavy atom. The summed E-state index contributed by atoms with van der Waals surface area (Å²) in [7, 11) is 0. The summed E-state index contributed by atoms with van der Waals surface area (Å²) in [6.45, 7) is 1.58. The molecule has 0 bridgehead atoms. The average molecular weight is 374 g/mol. The van der Waals surface area contributed by atoms with Crippen LogP contribution in [0, 0.1) is 5.82 Å². The fourth-order valence-corrected chi connectivity index (χ4v) is 2.05. The second-order valence-electron chi connectivity index (χ2n) is 4.19. The Kier molecular flexibility index (Phi) is 5.14. The number of carbonyl (C=O) groups excluding carboxylic acids is 1. The highest BCUT2D eigenvalue weighted by atomic mass is 79.9. The zero-order chi connectivity index (χ0) is 15.4. The van der Waals surface area contributed by atoms with Gasteiger partial charge >= 0.3 is 0 Å². The van der Waals surface area contributed by atoms with Crippen LogP contribution >= 0.6 is 27.5 Å². The van der Waals surface area contributed by atoms with Crippen LogP contribution in [0.25, 0.3) is 0 Å². The van der Waals surface area contributed by atoms with Crippen molar-refractivity contribution in [3.8, 4) is 5.75 Å². The Morgan fingerprint density at radius 2 is 2.19 bits per heavy atom. The maximum absolute atomic E-state index is 13.0. The fourth-order valence-electron chi connectivity index (χ4n) is 1.49. The van der Waals surface area contributed by atoms with E-state index in [1.165, 1.54) is 24.4 Å². The number of nitrogens with one attached hydrogen (secondary N) is 1. The number of hydrogen-bond acceptors (Lipinski definition) is 3. The van der Waals surface area contributed by atoms with E-state index in [2.05, 4.69) is 26.2 Å². The van der Waals surface area contributed by atoms with Gasteiger partial charge in [-0.05, 0) is 53.2 Å². The van der Waals surface area contributed by atoms with E-state index in [0.29, 0.717) is 21.1 Å². The van der Waals surface area contributed by atoms with Crippen LogP contribution in [0.5, 0.6) is 5.75 Å². The predicted octanol–water partition coefficient (Wildman–Crippen LogP) is 4.04. The number of aromatic nitrogens is 1. The van der Waals surface area contributed by atoms with E-state index in [-0.39, 0.29) is 5.91 Å². The molecule has 0 saturated heterocycles. The van der Waals surface area contributed by atoms with Crippen molar-refractivity contribution in [3.63, 3.8) is 0 Å². The third-order valence-electron chi connectivity index (χ3n) is 2.55. The molecule has 0 unspecified atom stereocenters. The molecule has 2 rings (SSSR count). The topological polar surface area (TPSA) is 51.2 Å². The van der Waals surface area contributed by atoms with Crippen LogP contribution in [0.4, 0.5) is 10.2 Å². The molecule has 0 saturated carbocycles. The van der Waals surface area contributed by atoms with Crippen LogP contribution in [0.1, 0.15) is 6.92 Å². The highest BCUT2D eigenvalue weighted by molar-refractivity contribution is 9.10. The number of nitrogens with zero attached hydrogens (tertiary/aromatic N) is 1. The van der Waals surface area contributed by atoms with Crippen LogP contribution in [-0.2, 0) is 4.79 Å². The van der Waals surface area contributed by atoms with Crippen molar-refractivity contribution >= 4 is 39.3 Å². The van der Waals surface area contributed by atoms with E-state index < -0.39 is 11.9 Å². The van der Waals surface area contributed by atoms with Crippen LogP contribution in [-0.4, -0.2) is 17.0 Å². The summed E-state index contributed by atoms with van der Waals surface area (Å²) in [6.07, 6.45) is 0.656. The number of amides is 1. The van der Waals surface area contributed by atoms with Gasteiger partial charge in [0.25, 0.3) is 5.91 Å². The van der Waals surface area contributed by atoms with E-state index >= 15 is 0 Å². The first-order valence-electron chi connectivity index (χ1n) is 6.00. The van der Waals surface area contributed by atoms with Gasteiger partial charge in [-0.2, -0.15) is 0 Å². The molecule has 1 atom stereocenters. The van der Waals surface area contributed by atoms with E-state index in [1.54, 1.807) is 19.1 Å². The number of ether oxygens (including phenoxy) is 1. The Balaban J connectivity index is 2.00. The number of halogens is 3. The molecule has 1 heterocycles. The summed E-state index contributed by atoms with van der Waals surface area (Å²) in [6, 6.07) is 7.17. The minimum Gasteiger partial charge on any atom is -0.480 e. The van der Waals surface area contributed by atoms with Gasteiger partial charge in [-0.3, -0.25) is 4.79 Å². The lowest BCUT2D eigenvalue weighted by Gasteiger charge is -2.15. The third-order valence-corrected chi connectivity index (χ3v) is 3.39. The highest BCUT2D eigenvalue weighted by Gasteiger charge is 2.16. The first kappa shape index (κ1) is 15.7. The van der Waals surface area contributed by atoms with E-state index in [9.17, 15) is 9.18 Å². The van der Waals surface area contributed by atoms with Crippen molar-refractivity contribution < 1.29 is 13.9 Å². The lowest BCUT2D eigenvalue weighted by Crippen LogP contribution is -2.30. The maximum Gasteiger partial charge on any atom is 0.266 e. The van der Waals surface area contributed by atoms with Gasteiger partial charge in [-0.25, -0.2) is 9.37 Å². The van der Waals surface area contributed by atoms with Crippen LogP contribution < -0.4 is 10.1 Å². The van der Waals surface area contributed by atoms with Crippen molar-refractivity contribution in [1.82, 2.24) is 4.98 Å². The fraction of sp³-hybridized carbons (Fsp3) is 0.143. The average Bonchev–Trinajstić information content (AvgIpc) is 2.44. The zero-order valence-corrected chi connectivity index (χ0v) is 13.3. The Labute approximate surface area is 134 Å². The van der Waals surface area contributed by atoms with Crippen molar-refractivity contribution in [3.05, 3.63) is 51.8 Å². The van der Waals surface area contributed by atoms with E-state index in [1.807, 2.05) is 0 Å². The second-order valence-corrected chi connectivity index (χ2v) is 5.48. The normalized spacial score (nSPS) is 11.8. The Bertz CT molecular complexity index is 652. The summed E-state index contributed by atoms with van der Waals surface area (Å²) in [5.41, 5.74) is 0. The molecule has 1 amide bonds. The molecular formula is C14H11BrClFN2O2. The summed E-state index contributed by atoms with van der Waals surface area (Å²) in [5.74, 6) is -0.0149. The number of rotatable bonds is 4. The number of benzene rings is 1. The van der Waals surface area contributed by atoms with Gasteiger partial charge in [0.2, 0.25) is 0 Å². The van der Waals surface area contributed by atoms with Crippen LogP contribution in [0.3, 0.4) is 0 Å².